The third-order valence-corrected chi connectivity index (χ3v) is 2.81. The standard InChI is InChI=1S/C13H14O3/c1-16-12-4-2-3-10-7-9(8-11(10)12)5-6-13(14)15/h2-4,7H,5-6,8H2,1H3,(H,14,15). The van der Waals surface area contributed by atoms with Crippen LogP contribution in [0.1, 0.15) is 24.0 Å². The third kappa shape index (κ3) is 2.08. The molecule has 0 saturated carbocycles. The molecule has 1 N–H and O–H groups in total. The molecular formula is C13H14O3. The maximum Gasteiger partial charge on any atom is 0.303 e. The summed E-state index contributed by atoms with van der Waals surface area (Å²) in [6.07, 6.45) is 3.70. The highest BCUT2D eigenvalue weighted by Crippen LogP contribution is 2.33. The van der Waals surface area contributed by atoms with Crippen molar-refractivity contribution in [3.05, 3.63) is 34.9 Å². The molecule has 0 unspecified atom stereocenters. The van der Waals surface area contributed by atoms with Gasteiger partial charge in [0, 0.05) is 12.0 Å². The van der Waals surface area contributed by atoms with Crippen molar-refractivity contribution in [1.29, 1.82) is 0 Å². The minimum absolute atomic E-state index is 0.197. The summed E-state index contributed by atoms with van der Waals surface area (Å²) in [6.45, 7) is 0. The normalized spacial score (nSPS) is 13.2. The van der Waals surface area contributed by atoms with Gasteiger partial charge in [-0.3, -0.25) is 4.79 Å². The molecular weight excluding hydrogens is 204 g/mol. The second kappa shape index (κ2) is 4.39. The molecule has 0 aromatic heterocycles. The number of carbonyl (C=O) groups is 1. The summed E-state index contributed by atoms with van der Waals surface area (Å²) in [5, 5.41) is 8.64. The van der Waals surface area contributed by atoms with Gasteiger partial charge in [-0.05, 0) is 24.5 Å². The second-order valence-electron chi connectivity index (χ2n) is 3.90. The zero-order valence-electron chi connectivity index (χ0n) is 9.19. The maximum atomic E-state index is 10.5. The first-order valence-corrected chi connectivity index (χ1v) is 5.28. The Morgan fingerprint density at radius 2 is 2.31 bits per heavy atom. The number of aliphatic carboxylic acids is 1. The van der Waals surface area contributed by atoms with Gasteiger partial charge in [0.15, 0.2) is 0 Å². The van der Waals surface area contributed by atoms with E-state index in [1.54, 1.807) is 7.11 Å². The molecule has 84 valence electrons. The van der Waals surface area contributed by atoms with E-state index in [4.69, 9.17) is 9.84 Å². The van der Waals surface area contributed by atoms with Gasteiger partial charge in [-0.25, -0.2) is 0 Å². The van der Waals surface area contributed by atoms with E-state index < -0.39 is 5.97 Å². The van der Waals surface area contributed by atoms with Crippen LogP contribution in [0.15, 0.2) is 23.8 Å². The summed E-state index contributed by atoms with van der Waals surface area (Å²) in [5.41, 5.74) is 3.49. The minimum Gasteiger partial charge on any atom is -0.496 e. The van der Waals surface area contributed by atoms with E-state index in [1.807, 2.05) is 18.2 Å². The number of hydrogen-bond acceptors (Lipinski definition) is 2. The Labute approximate surface area is 94.4 Å². The van der Waals surface area contributed by atoms with Crippen molar-refractivity contribution in [1.82, 2.24) is 0 Å². The van der Waals surface area contributed by atoms with Gasteiger partial charge in [-0.2, -0.15) is 0 Å². The molecule has 1 aromatic carbocycles. The number of benzene rings is 1. The Kier molecular flexibility index (Phi) is 2.95. The third-order valence-electron chi connectivity index (χ3n) is 2.81. The number of ether oxygens (including phenoxy) is 1. The lowest BCUT2D eigenvalue weighted by Gasteiger charge is -2.06. The first-order chi connectivity index (χ1) is 7.70. The average Bonchev–Trinajstić information content (AvgIpc) is 2.68. The number of allylic oxidation sites excluding steroid dienone is 1. The largest absolute Gasteiger partial charge is 0.496 e. The van der Waals surface area contributed by atoms with E-state index in [1.165, 1.54) is 11.1 Å². The molecule has 0 aliphatic heterocycles. The van der Waals surface area contributed by atoms with Crippen LogP contribution in [-0.4, -0.2) is 18.2 Å². The van der Waals surface area contributed by atoms with Crippen molar-refractivity contribution in [2.75, 3.05) is 7.11 Å². The van der Waals surface area contributed by atoms with E-state index >= 15 is 0 Å². The van der Waals surface area contributed by atoms with E-state index in [2.05, 4.69) is 6.08 Å². The molecule has 0 radical (unpaired) electrons. The van der Waals surface area contributed by atoms with Crippen molar-refractivity contribution in [2.45, 2.75) is 19.3 Å². The van der Waals surface area contributed by atoms with E-state index in [9.17, 15) is 4.79 Å². The van der Waals surface area contributed by atoms with E-state index in [0.29, 0.717) is 6.42 Å². The predicted octanol–water partition coefficient (Wildman–Crippen LogP) is 2.50. The highest BCUT2D eigenvalue weighted by atomic mass is 16.5. The molecule has 3 nitrogen and oxygen atoms in total. The number of carboxylic acid groups (broad SMARTS) is 1. The highest BCUT2D eigenvalue weighted by Gasteiger charge is 2.16. The molecule has 2 rings (SSSR count). The fourth-order valence-electron chi connectivity index (χ4n) is 2.02. The van der Waals surface area contributed by atoms with Crippen LogP contribution in [0.25, 0.3) is 6.08 Å². The molecule has 16 heavy (non-hydrogen) atoms. The van der Waals surface area contributed by atoms with Gasteiger partial charge in [-0.1, -0.05) is 23.8 Å². The molecule has 3 heteroatoms. The number of methoxy groups -OCH3 is 1. The van der Waals surface area contributed by atoms with Crippen molar-refractivity contribution >= 4 is 12.0 Å². The topological polar surface area (TPSA) is 46.5 Å². The van der Waals surface area contributed by atoms with Gasteiger partial charge < -0.3 is 9.84 Å². The van der Waals surface area contributed by atoms with Gasteiger partial charge in [0.25, 0.3) is 0 Å². The molecule has 1 aliphatic rings. The fraction of sp³-hybridized carbons (Fsp3) is 0.308. The van der Waals surface area contributed by atoms with Crippen LogP contribution in [0.4, 0.5) is 0 Å². The fourth-order valence-corrected chi connectivity index (χ4v) is 2.02. The molecule has 0 atom stereocenters. The molecule has 1 aliphatic carbocycles. The SMILES string of the molecule is COc1cccc2c1CC(CCC(=O)O)=C2. The van der Waals surface area contributed by atoms with Gasteiger partial charge in [0.1, 0.15) is 5.75 Å². The monoisotopic (exact) mass is 218 g/mol. The summed E-state index contributed by atoms with van der Waals surface area (Å²) >= 11 is 0. The van der Waals surface area contributed by atoms with E-state index in [0.717, 1.165) is 17.7 Å². The molecule has 0 bridgehead atoms. The lowest BCUT2D eigenvalue weighted by Crippen LogP contribution is -1.96. The zero-order chi connectivity index (χ0) is 11.5. The summed E-state index contributed by atoms with van der Waals surface area (Å²) in [5.74, 6) is 0.142. The highest BCUT2D eigenvalue weighted by molar-refractivity contribution is 5.70. The predicted molar refractivity (Wildman–Crippen MR) is 61.5 cm³/mol. The summed E-state index contributed by atoms with van der Waals surface area (Å²) in [6, 6.07) is 5.92. The van der Waals surface area contributed by atoms with Gasteiger partial charge >= 0.3 is 5.97 Å². The van der Waals surface area contributed by atoms with Crippen LogP contribution in [0.2, 0.25) is 0 Å². The van der Waals surface area contributed by atoms with Crippen LogP contribution in [0, 0.1) is 0 Å². The summed E-state index contributed by atoms with van der Waals surface area (Å²) in [7, 11) is 1.66. The first kappa shape index (κ1) is 10.7. The lowest BCUT2D eigenvalue weighted by atomic mass is 10.1. The number of rotatable bonds is 4. The summed E-state index contributed by atoms with van der Waals surface area (Å²) < 4.78 is 5.28. The average molecular weight is 218 g/mol. The van der Waals surface area contributed by atoms with Crippen LogP contribution < -0.4 is 4.74 Å². The Bertz CT molecular complexity index is 446. The Hall–Kier alpha value is -1.77. The van der Waals surface area contributed by atoms with Crippen molar-refractivity contribution in [2.24, 2.45) is 0 Å². The van der Waals surface area contributed by atoms with Crippen LogP contribution >= 0.6 is 0 Å². The molecule has 0 amide bonds. The first-order valence-electron chi connectivity index (χ1n) is 5.28. The van der Waals surface area contributed by atoms with Crippen molar-refractivity contribution in [3.8, 4) is 5.75 Å². The smallest absolute Gasteiger partial charge is 0.303 e. The maximum absolute atomic E-state index is 10.5. The molecule has 0 fully saturated rings. The number of carboxylic acids is 1. The Balaban J connectivity index is 2.13. The van der Waals surface area contributed by atoms with Gasteiger partial charge in [-0.15, -0.1) is 0 Å². The van der Waals surface area contributed by atoms with Crippen LogP contribution in [-0.2, 0) is 11.2 Å². The molecule has 1 aromatic rings. The molecule has 0 spiro atoms. The number of hydrogen-bond donors (Lipinski definition) is 1. The molecule has 0 heterocycles. The summed E-state index contributed by atoms with van der Waals surface area (Å²) in [4.78, 5) is 10.5. The van der Waals surface area contributed by atoms with Crippen molar-refractivity contribution in [3.63, 3.8) is 0 Å². The lowest BCUT2D eigenvalue weighted by molar-refractivity contribution is -0.136. The zero-order valence-corrected chi connectivity index (χ0v) is 9.19. The van der Waals surface area contributed by atoms with E-state index in [-0.39, 0.29) is 6.42 Å². The van der Waals surface area contributed by atoms with Crippen molar-refractivity contribution < 1.29 is 14.6 Å². The quantitative estimate of drug-likeness (QED) is 0.844. The Morgan fingerprint density at radius 1 is 1.50 bits per heavy atom. The van der Waals surface area contributed by atoms with Crippen LogP contribution in [0.5, 0.6) is 5.75 Å². The van der Waals surface area contributed by atoms with Gasteiger partial charge in [0.05, 0.1) is 7.11 Å². The Morgan fingerprint density at radius 3 is 3.00 bits per heavy atom. The van der Waals surface area contributed by atoms with Gasteiger partial charge in [0.2, 0.25) is 0 Å². The number of fused-ring (bicyclic) bond motifs is 1. The van der Waals surface area contributed by atoms with Crippen LogP contribution in [0.3, 0.4) is 0 Å². The minimum atomic E-state index is -0.746. The second-order valence-corrected chi connectivity index (χ2v) is 3.90. The molecule has 0 saturated heterocycles.